The summed E-state index contributed by atoms with van der Waals surface area (Å²) in [7, 11) is 0. The number of benzene rings is 1. The highest BCUT2D eigenvalue weighted by molar-refractivity contribution is 6.34. The molecule has 116 valence electrons. The fraction of sp³-hybridized carbons (Fsp3) is 0.533. The Labute approximate surface area is 134 Å². The third-order valence-electron chi connectivity index (χ3n) is 3.59. The SMILES string of the molecule is CC(Oc1cc(Cl)cc(Cl)c1)C(=O)N1CCCC(CO)C1. The summed E-state index contributed by atoms with van der Waals surface area (Å²) in [6, 6.07) is 4.87. The molecule has 1 saturated heterocycles. The number of aliphatic hydroxyl groups is 1. The van der Waals surface area contributed by atoms with Crippen LogP contribution in [0.3, 0.4) is 0 Å². The number of carbonyl (C=O) groups is 1. The minimum absolute atomic E-state index is 0.0794. The number of aliphatic hydroxyl groups excluding tert-OH is 1. The first kappa shape index (κ1) is 16.4. The number of hydrogen-bond acceptors (Lipinski definition) is 3. The average Bonchev–Trinajstić information content (AvgIpc) is 2.45. The molecule has 1 amide bonds. The maximum absolute atomic E-state index is 12.4. The summed E-state index contributed by atoms with van der Waals surface area (Å²) in [4.78, 5) is 14.1. The Morgan fingerprint density at radius 1 is 1.43 bits per heavy atom. The summed E-state index contributed by atoms with van der Waals surface area (Å²) >= 11 is 11.8. The highest BCUT2D eigenvalue weighted by Gasteiger charge is 2.27. The van der Waals surface area contributed by atoms with E-state index in [0.29, 0.717) is 28.9 Å². The summed E-state index contributed by atoms with van der Waals surface area (Å²) in [5.74, 6) is 0.559. The van der Waals surface area contributed by atoms with Crippen LogP contribution in [0.15, 0.2) is 18.2 Å². The molecule has 1 fully saturated rings. The molecule has 0 radical (unpaired) electrons. The summed E-state index contributed by atoms with van der Waals surface area (Å²) in [5.41, 5.74) is 0. The number of likely N-dealkylation sites (tertiary alicyclic amines) is 1. The Morgan fingerprint density at radius 3 is 2.71 bits per heavy atom. The van der Waals surface area contributed by atoms with E-state index in [-0.39, 0.29) is 18.4 Å². The molecule has 2 atom stereocenters. The lowest BCUT2D eigenvalue weighted by atomic mass is 9.99. The van der Waals surface area contributed by atoms with Crippen LogP contribution in [0.4, 0.5) is 0 Å². The van der Waals surface area contributed by atoms with Gasteiger partial charge in [0.2, 0.25) is 0 Å². The van der Waals surface area contributed by atoms with E-state index in [9.17, 15) is 9.90 Å². The zero-order valence-electron chi connectivity index (χ0n) is 11.9. The maximum Gasteiger partial charge on any atom is 0.263 e. The van der Waals surface area contributed by atoms with Crippen molar-refractivity contribution in [2.45, 2.75) is 25.9 Å². The van der Waals surface area contributed by atoms with E-state index in [2.05, 4.69) is 0 Å². The van der Waals surface area contributed by atoms with Crippen LogP contribution in [0.2, 0.25) is 10.0 Å². The first-order valence-electron chi connectivity index (χ1n) is 7.02. The molecule has 21 heavy (non-hydrogen) atoms. The van der Waals surface area contributed by atoms with Crippen LogP contribution in [-0.2, 0) is 4.79 Å². The fourth-order valence-electron chi connectivity index (χ4n) is 2.52. The van der Waals surface area contributed by atoms with Gasteiger partial charge in [0, 0.05) is 29.7 Å². The monoisotopic (exact) mass is 331 g/mol. The van der Waals surface area contributed by atoms with Crippen LogP contribution in [0.5, 0.6) is 5.75 Å². The molecule has 0 bridgehead atoms. The number of rotatable bonds is 4. The van der Waals surface area contributed by atoms with Crippen LogP contribution in [0, 0.1) is 5.92 Å². The molecular weight excluding hydrogens is 313 g/mol. The predicted octanol–water partition coefficient (Wildman–Crippen LogP) is 2.99. The molecule has 1 aliphatic heterocycles. The molecule has 1 heterocycles. The zero-order chi connectivity index (χ0) is 15.4. The number of halogens is 2. The number of amides is 1. The second-order valence-corrected chi connectivity index (χ2v) is 6.21. The smallest absolute Gasteiger partial charge is 0.263 e. The van der Waals surface area contributed by atoms with Crippen molar-refractivity contribution in [3.63, 3.8) is 0 Å². The summed E-state index contributed by atoms with van der Waals surface area (Å²) in [5, 5.41) is 10.2. The number of nitrogens with zero attached hydrogens (tertiary/aromatic N) is 1. The molecule has 0 saturated carbocycles. The van der Waals surface area contributed by atoms with Crippen molar-refractivity contribution in [2.24, 2.45) is 5.92 Å². The van der Waals surface area contributed by atoms with Gasteiger partial charge >= 0.3 is 0 Å². The molecular formula is C15H19Cl2NO3. The molecule has 2 unspecified atom stereocenters. The van der Waals surface area contributed by atoms with E-state index in [1.54, 1.807) is 30.0 Å². The minimum atomic E-state index is -0.614. The second-order valence-electron chi connectivity index (χ2n) is 5.34. The zero-order valence-corrected chi connectivity index (χ0v) is 13.4. The fourth-order valence-corrected chi connectivity index (χ4v) is 3.03. The highest BCUT2D eigenvalue weighted by Crippen LogP contribution is 2.25. The molecule has 0 spiro atoms. The van der Waals surface area contributed by atoms with Crippen molar-refractivity contribution in [1.29, 1.82) is 0 Å². The van der Waals surface area contributed by atoms with Crippen molar-refractivity contribution in [3.05, 3.63) is 28.2 Å². The van der Waals surface area contributed by atoms with Crippen molar-refractivity contribution in [3.8, 4) is 5.75 Å². The van der Waals surface area contributed by atoms with Gasteiger partial charge in [-0.2, -0.15) is 0 Å². The van der Waals surface area contributed by atoms with Crippen molar-refractivity contribution in [1.82, 2.24) is 4.90 Å². The Kier molecular flexibility index (Phi) is 5.73. The molecule has 1 N–H and O–H groups in total. The molecule has 1 aromatic rings. The quantitative estimate of drug-likeness (QED) is 0.922. The van der Waals surface area contributed by atoms with E-state index < -0.39 is 6.10 Å². The van der Waals surface area contributed by atoms with Crippen molar-refractivity contribution in [2.75, 3.05) is 19.7 Å². The molecule has 4 nitrogen and oxygen atoms in total. The lowest BCUT2D eigenvalue weighted by Gasteiger charge is -2.33. The predicted molar refractivity (Wildman–Crippen MR) is 82.9 cm³/mol. The van der Waals surface area contributed by atoms with Gasteiger partial charge in [0.05, 0.1) is 0 Å². The van der Waals surface area contributed by atoms with E-state index in [1.165, 1.54) is 0 Å². The minimum Gasteiger partial charge on any atom is -0.481 e. The van der Waals surface area contributed by atoms with E-state index >= 15 is 0 Å². The molecule has 0 aliphatic carbocycles. The standard InChI is InChI=1S/C15H19Cl2NO3/c1-10(21-14-6-12(16)5-13(17)7-14)15(20)18-4-2-3-11(8-18)9-19/h5-7,10-11,19H,2-4,8-9H2,1H3. The third-order valence-corrected chi connectivity index (χ3v) is 4.02. The maximum atomic E-state index is 12.4. The summed E-state index contributed by atoms with van der Waals surface area (Å²) in [6.45, 7) is 3.11. The Morgan fingerprint density at radius 2 is 2.10 bits per heavy atom. The largest absolute Gasteiger partial charge is 0.481 e. The Hall–Kier alpha value is -0.970. The van der Waals surface area contributed by atoms with Gasteiger partial charge in [0.1, 0.15) is 5.75 Å². The molecule has 0 aromatic heterocycles. The molecule has 2 rings (SSSR count). The number of piperidine rings is 1. The van der Waals surface area contributed by atoms with Crippen LogP contribution in [0.1, 0.15) is 19.8 Å². The first-order valence-corrected chi connectivity index (χ1v) is 7.77. The van der Waals surface area contributed by atoms with Gasteiger partial charge in [-0.05, 0) is 43.9 Å². The van der Waals surface area contributed by atoms with Crippen molar-refractivity contribution < 1.29 is 14.6 Å². The van der Waals surface area contributed by atoms with Gasteiger partial charge in [0.25, 0.3) is 5.91 Å². The van der Waals surface area contributed by atoms with Crippen molar-refractivity contribution >= 4 is 29.1 Å². The van der Waals surface area contributed by atoms with E-state index in [4.69, 9.17) is 27.9 Å². The van der Waals surface area contributed by atoms with Gasteiger partial charge < -0.3 is 14.7 Å². The number of hydrogen-bond donors (Lipinski definition) is 1. The van der Waals surface area contributed by atoms with Crippen LogP contribution in [0.25, 0.3) is 0 Å². The van der Waals surface area contributed by atoms with Gasteiger partial charge in [-0.25, -0.2) is 0 Å². The average molecular weight is 332 g/mol. The second kappa shape index (κ2) is 7.34. The molecule has 6 heteroatoms. The Balaban J connectivity index is 1.98. The van der Waals surface area contributed by atoms with Crippen LogP contribution in [-0.4, -0.2) is 41.7 Å². The van der Waals surface area contributed by atoms with E-state index in [1.807, 2.05) is 0 Å². The van der Waals surface area contributed by atoms with Gasteiger partial charge in [-0.15, -0.1) is 0 Å². The first-order chi connectivity index (χ1) is 9.99. The normalized spacial score (nSPS) is 20.2. The van der Waals surface area contributed by atoms with Gasteiger partial charge in [-0.1, -0.05) is 23.2 Å². The lowest BCUT2D eigenvalue weighted by Crippen LogP contribution is -2.46. The highest BCUT2D eigenvalue weighted by atomic mass is 35.5. The Bertz CT molecular complexity index is 489. The molecule has 1 aliphatic rings. The van der Waals surface area contributed by atoms with Gasteiger partial charge in [0.15, 0.2) is 6.10 Å². The van der Waals surface area contributed by atoms with E-state index in [0.717, 1.165) is 12.8 Å². The summed E-state index contributed by atoms with van der Waals surface area (Å²) < 4.78 is 5.64. The number of carbonyl (C=O) groups excluding carboxylic acids is 1. The van der Waals surface area contributed by atoms with Crippen LogP contribution >= 0.6 is 23.2 Å². The topological polar surface area (TPSA) is 49.8 Å². The van der Waals surface area contributed by atoms with Gasteiger partial charge in [-0.3, -0.25) is 4.79 Å². The van der Waals surface area contributed by atoms with Crippen LogP contribution < -0.4 is 4.74 Å². The summed E-state index contributed by atoms with van der Waals surface area (Å²) in [6.07, 6.45) is 1.25. The number of ether oxygens (including phenoxy) is 1. The lowest BCUT2D eigenvalue weighted by molar-refractivity contribution is -0.140. The molecule has 1 aromatic carbocycles. The third kappa shape index (κ3) is 4.50.